The first-order chi connectivity index (χ1) is 8.11. The van der Waals surface area contributed by atoms with E-state index in [1.807, 2.05) is 0 Å². The van der Waals surface area contributed by atoms with Crippen molar-refractivity contribution in [1.29, 1.82) is 0 Å². The number of carbonyl (C=O) groups is 1. The van der Waals surface area contributed by atoms with E-state index in [0.717, 1.165) is 6.42 Å². The number of rotatable bonds is 6. The minimum absolute atomic E-state index is 0.0766. The van der Waals surface area contributed by atoms with Crippen LogP contribution in [0.2, 0.25) is 0 Å². The Hall–Kier alpha value is -1.49. The molecule has 1 aromatic heterocycles. The van der Waals surface area contributed by atoms with Crippen LogP contribution in [0.15, 0.2) is 18.5 Å². The molecule has 0 aliphatic rings. The van der Waals surface area contributed by atoms with Crippen LogP contribution >= 0.6 is 0 Å². The van der Waals surface area contributed by atoms with Crippen molar-refractivity contribution in [3.63, 3.8) is 0 Å². The molecule has 5 nitrogen and oxygen atoms in total. The van der Waals surface area contributed by atoms with Gasteiger partial charge in [0.1, 0.15) is 0 Å². The van der Waals surface area contributed by atoms with Crippen LogP contribution in [0.3, 0.4) is 0 Å². The Kier molecular flexibility index (Phi) is 5.56. The third-order valence-electron chi connectivity index (χ3n) is 2.43. The van der Waals surface area contributed by atoms with Gasteiger partial charge >= 0.3 is 0 Å². The monoisotopic (exact) mass is 236 g/mol. The van der Waals surface area contributed by atoms with Gasteiger partial charge in [-0.3, -0.25) is 10.1 Å². The third-order valence-corrected chi connectivity index (χ3v) is 2.43. The van der Waals surface area contributed by atoms with Crippen molar-refractivity contribution in [3.05, 3.63) is 18.5 Å². The zero-order valence-corrected chi connectivity index (χ0v) is 10.4. The quantitative estimate of drug-likeness (QED) is 0.782. The average molecular weight is 236 g/mol. The predicted octanol–water partition coefficient (Wildman–Crippen LogP) is 1.43. The Balaban J connectivity index is 2.43. The fourth-order valence-electron chi connectivity index (χ4n) is 1.73. The van der Waals surface area contributed by atoms with Crippen LogP contribution in [0.4, 0.5) is 5.95 Å². The van der Waals surface area contributed by atoms with Crippen LogP contribution in [-0.2, 0) is 4.79 Å². The lowest BCUT2D eigenvalue weighted by atomic mass is 9.94. The van der Waals surface area contributed by atoms with Crippen molar-refractivity contribution in [2.75, 3.05) is 11.9 Å². The second-order valence-corrected chi connectivity index (χ2v) is 4.56. The summed E-state index contributed by atoms with van der Waals surface area (Å²) < 4.78 is 0. The molecule has 0 fully saturated rings. The molecular formula is C12H20N4O. The van der Waals surface area contributed by atoms with E-state index in [4.69, 9.17) is 5.73 Å². The largest absolute Gasteiger partial charge is 0.330 e. The summed E-state index contributed by atoms with van der Waals surface area (Å²) in [6.45, 7) is 4.78. The van der Waals surface area contributed by atoms with Crippen LogP contribution < -0.4 is 11.1 Å². The Bertz CT molecular complexity index is 340. The lowest BCUT2D eigenvalue weighted by Gasteiger charge is -2.16. The van der Waals surface area contributed by atoms with Gasteiger partial charge in [0.15, 0.2) is 0 Å². The standard InChI is InChI=1S/C12H20N4O/c1-9(2)6-10(8-13)7-11(17)16-12-14-4-3-5-15-12/h3-5,9-10H,6-8,13H2,1-2H3,(H,14,15,16,17)/t10-/m0/s1. The molecule has 1 atom stereocenters. The van der Waals surface area contributed by atoms with E-state index in [1.165, 1.54) is 0 Å². The van der Waals surface area contributed by atoms with Gasteiger partial charge in [-0.2, -0.15) is 0 Å². The molecule has 0 saturated carbocycles. The molecule has 0 unspecified atom stereocenters. The van der Waals surface area contributed by atoms with Crippen molar-refractivity contribution in [2.24, 2.45) is 17.6 Å². The Morgan fingerprint density at radius 1 is 1.41 bits per heavy atom. The highest BCUT2D eigenvalue weighted by Crippen LogP contribution is 2.14. The lowest BCUT2D eigenvalue weighted by molar-refractivity contribution is -0.117. The van der Waals surface area contributed by atoms with E-state index in [2.05, 4.69) is 29.1 Å². The second kappa shape index (κ2) is 6.96. The predicted molar refractivity (Wildman–Crippen MR) is 67.3 cm³/mol. The van der Waals surface area contributed by atoms with Crippen LogP contribution in [0, 0.1) is 11.8 Å². The van der Waals surface area contributed by atoms with E-state index >= 15 is 0 Å². The van der Waals surface area contributed by atoms with Crippen LogP contribution in [0.1, 0.15) is 26.7 Å². The molecule has 1 amide bonds. The van der Waals surface area contributed by atoms with Crippen molar-refractivity contribution in [3.8, 4) is 0 Å². The lowest BCUT2D eigenvalue weighted by Crippen LogP contribution is -2.24. The van der Waals surface area contributed by atoms with Crippen LogP contribution in [0.25, 0.3) is 0 Å². The second-order valence-electron chi connectivity index (χ2n) is 4.56. The molecule has 1 rings (SSSR count). The van der Waals surface area contributed by atoms with Gasteiger partial charge in [0.25, 0.3) is 0 Å². The van der Waals surface area contributed by atoms with Gasteiger partial charge < -0.3 is 5.73 Å². The minimum atomic E-state index is -0.0766. The van der Waals surface area contributed by atoms with Crippen molar-refractivity contribution in [1.82, 2.24) is 9.97 Å². The number of nitrogens with one attached hydrogen (secondary N) is 1. The van der Waals surface area contributed by atoms with Gasteiger partial charge in [-0.25, -0.2) is 9.97 Å². The normalized spacial score (nSPS) is 12.5. The van der Waals surface area contributed by atoms with Gasteiger partial charge in [-0.05, 0) is 30.9 Å². The summed E-state index contributed by atoms with van der Waals surface area (Å²) in [5.74, 6) is 1.04. The summed E-state index contributed by atoms with van der Waals surface area (Å²) in [4.78, 5) is 19.6. The number of hydrogen-bond donors (Lipinski definition) is 2. The molecule has 0 aliphatic carbocycles. The zero-order valence-electron chi connectivity index (χ0n) is 10.4. The Morgan fingerprint density at radius 2 is 2.06 bits per heavy atom. The highest BCUT2D eigenvalue weighted by molar-refractivity contribution is 5.89. The first-order valence-electron chi connectivity index (χ1n) is 5.88. The number of amides is 1. The summed E-state index contributed by atoms with van der Waals surface area (Å²) in [7, 11) is 0. The summed E-state index contributed by atoms with van der Waals surface area (Å²) in [5, 5.41) is 2.66. The van der Waals surface area contributed by atoms with E-state index < -0.39 is 0 Å². The number of carbonyl (C=O) groups excluding carboxylic acids is 1. The molecule has 5 heteroatoms. The smallest absolute Gasteiger partial charge is 0.229 e. The third kappa shape index (κ3) is 5.40. The fourth-order valence-corrected chi connectivity index (χ4v) is 1.73. The molecule has 0 aromatic carbocycles. The van der Waals surface area contributed by atoms with Crippen molar-refractivity contribution >= 4 is 11.9 Å². The first-order valence-corrected chi connectivity index (χ1v) is 5.88. The number of nitrogens with zero attached hydrogens (tertiary/aromatic N) is 2. The molecule has 1 aromatic rings. The molecule has 0 aliphatic heterocycles. The zero-order chi connectivity index (χ0) is 12.7. The van der Waals surface area contributed by atoms with Crippen molar-refractivity contribution < 1.29 is 4.79 Å². The molecule has 3 N–H and O–H groups in total. The number of aromatic nitrogens is 2. The van der Waals surface area contributed by atoms with E-state index in [1.54, 1.807) is 18.5 Å². The molecule has 0 bridgehead atoms. The van der Waals surface area contributed by atoms with Gasteiger partial charge in [-0.1, -0.05) is 13.8 Å². The highest BCUT2D eigenvalue weighted by Gasteiger charge is 2.14. The number of anilines is 1. The number of hydrogen-bond acceptors (Lipinski definition) is 4. The summed E-state index contributed by atoms with van der Waals surface area (Å²) >= 11 is 0. The summed E-state index contributed by atoms with van der Waals surface area (Å²) in [5.41, 5.74) is 5.65. The van der Waals surface area contributed by atoms with Crippen molar-refractivity contribution in [2.45, 2.75) is 26.7 Å². The molecular weight excluding hydrogens is 216 g/mol. The molecule has 17 heavy (non-hydrogen) atoms. The summed E-state index contributed by atoms with van der Waals surface area (Å²) in [6.07, 6.45) is 4.57. The summed E-state index contributed by atoms with van der Waals surface area (Å²) in [6, 6.07) is 1.71. The maximum atomic E-state index is 11.7. The number of nitrogens with two attached hydrogens (primary N) is 1. The Labute approximate surface area is 102 Å². The maximum Gasteiger partial charge on any atom is 0.229 e. The molecule has 1 heterocycles. The Morgan fingerprint density at radius 3 is 2.59 bits per heavy atom. The van der Waals surface area contributed by atoms with E-state index in [-0.39, 0.29) is 11.8 Å². The maximum absolute atomic E-state index is 11.7. The van der Waals surface area contributed by atoms with Gasteiger partial charge in [-0.15, -0.1) is 0 Å². The highest BCUT2D eigenvalue weighted by atomic mass is 16.1. The molecule has 94 valence electrons. The van der Waals surface area contributed by atoms with Gasteiger partial charge in [0.2, 0.25) is 11.9 Å². The minimum Gasteiger partial charge on any atom is -0.330 e. The average Bonchev–Trinajstić information content (AvgIpc) is 2.28. The first kappa shape index (κ1) is 13.6. The van der Waals surface area contributed by atoms with Crippen LogP contribution in [-0.4, -0.2) is 22.4 Å². The van der Waals surface area contributed by atoms with Crippen LogP contribution in [0.5, 0.6) is 0 Å². The molecule has 0 spiro atoms. The fraction of sp³-hybridized carbons (Fsp3) is 0.583. The van der Waals surface area contributed by atoms with Gasteiger partial charge in [0.05, 0.1) is 0 Å². The van der Waals surface area contributed by atoms with E-state index in [9.17, 15) is 4.79 Å². The topological polar surface area (TPSA) is 80.9 Å². The SMILES string of the molecule is CC(C)C[C@H](CN)CC(=O)Nc1ncccn1. The molecule has 0 radical (unpaired) electrons. The van der Waals surface area contributed by atoms with E-state index in [0.29, 0.717) is 24.8 Å². The molecule has 0 saturated heterocycles. The van der Waals surface area contributed by atoms with Gasteiger partial charge in [0, 0.05) is 18.8 Å².